The average Bonchev–Trinajstić information content (AvgIpc) is 2.77. The lowest BCUT2D eigenvalue weighted by atomic mass is 9.96. The summed E-state index contributed by atoms with van der Waals surface area (Å²) in [5, 5.41) is 0. The average molecular weight is 388 g/mol. The van der Waals surface area contributed by atoms with Gasteiger partial charge in [0.25, 0.3) is 0 Å². The fourth-order valence-corrected chi connectivity index (χ4v) is 5.18. The molecule has 3 heterocycles. The molecular formula is C23H21N3OS. The molecule has 28 heavy (non-hydrogen) atoms. The van der Waals surface area contributed by atoms with E-state index in [4.69, 9.17) is 0 Å². The van der Waals surface area contributed by atoms with Crippen molar-refractivity contribution in [3.8, 4) is 0 Å². The maximum Gasteiger partial charge on any atom is 0.329 e. The van der Waals surface area contributed by atoms with Crippen LogP contribution in [0, 0.1) is 0 Å². The van der Waals surface area contributed by atoms with Crippen molar-refractivity contribution in [2.24, 2.45) is 0 Å². The number of pyridine rings is 1. The third-order valence-electron chi connectivity index (χ3n) is 5.44. The van der Waals surface area contributed by atoms with Crippen LogP contribution in [0.25, 0.3) is 0 Å². The van der Waals surface area contributed by atoms with Gasteiger partial charge in [0.15, 0.2) is 0 Å². The van der Waals surface area contributed by atoms with Crippen LogP contribution in [0.3, 0.4) is 0 Å². The van der Waals surface area contributed by atoms with Gasteiger partial charge in [-0.15, -0.1) is 0 Å². The number of hydrogen-bond donors (Lipinski definition) is 0. The third kappa shape index (κ3) is 2.96. The molecule has 0 aliphatic carbocycles. The molecule has 0 radical (unpaired) electrons. The van der Waals surface area contributed by atoms with Crippen molar-refractivity contribution < 1.29 is 4.79 Å². The summed E-state index contributed by atoms with van der Waals surface area (Å²) >= 11 is 1.73. The number of piperidine rings is 1. The lowest BCUT2D eigenvalue weighted by molar-refractivity contribution is 0.159. The number of hydrogen-bond acceptors (Lipinski definition) is 3. The second-order valence-electron chi connectivity index (χ2n) is 7.15. The smallest absolute Gasteiger partial charge is 0.317 e. The monoisotopic (exact) mass is 387 g/mol. The first kappa shape index (κ1) is 17.3. The molecule has 140 valence electrons. The number of carbonyl (C=O) groups excluding carboxylic acids is 1. The van der Waals surface area contributed by atoms with Gasteiger partial charge < -0.3 is 4.90 Å². The minimum absolute atomic E-state index is 0.0498. The van der Waals surface area contributed by atoms with Crippen LogP contribution < -0.4 is 4.90 Å². The molecule has 0 spiro atoms. The van der Waals surface area contributed by atoms with E-state index in [-0.39, 0.29) is 12.1 Å². The molecule has 5 rings (SSSR count). The number of carbonyl (C=O) groups is 1. The maximum atomic E-state index is 13.9. The molecule has 3 aromatic rings. The highest BCUT2D eigenvalue weighted by molar-refractivity contribution is 7.99. The number of likely N-dealkylation sites (tertiary alicyclic amines) is 1. The first-order valence-corrected chi connectivity index (χ1v) is 10.5. The van der Waals surface area contributed by atoms with E-state index < -0.39 is 0 Å². The van der Waals surface area contributed by atoms with E-state index in [2.05, 4.69) is 23.2 Å². The molecule has 0 bridgehead atoms. The van der Waals surface area contributed by atoms with Crippen molar-refractivity contribution in [3.05, 3.63) is 78.6 Å². The first-order valence-electron chi connectivity index (χ1n) is 9.69. The summed E-state index contributed by atoms with van der Waals surface area (Å²) in [6.07, 6.45) is 6.82. The van der Waals surface area contributed by atoms with Crippen LogP contribution in [0.5, 0.6) is 0 Å². The fourth-order valence-electron chi connectivity index (χ4n) is 4.12. The molecule has 0 unspecified atom stereocenters. The van der Waals surface area contributed by atoms with Crippen LogP contribution in [0.1, 0.15) is 30.9 Å². The SMILES string of the molecule is O=C(N1c2ccccc2Sc2ccccc21)N1CCCC[C@H]1c1cccnc1. The van der Waals surface area contributed by atoms with Gasteiger partial charge in [-0.3, -0.25) is 9.88 Å². The van der Waals surface area contributed by atoms with Crippen molar-refractivity contribution in [2.75, 3.05) is 11.4 Å². The predicted molar refractivity (Wildman–Crippen MR) is 112 cm³/mol. The Morgan fingerprint density at radius 2 is 1.64 bits per heavy atom. The van der Waals surface area contributed by atoms with Crippen LogP contribution in [0.2, 0.25) is 0 Å². The second kappa shape index (κ2) is 7.32. The van der Waals surface area contributed by atoms with Gasteiger partial charge in [-0.2, -0.15) is 0 Å². The molecule has 2 amide bonds. The summed E-state index contributed by atoms with van der Waals surface area (Å²) in [5.74, 6) is 0. The Balaban J connectivity index is 1.58. The number of aromatic nitrogens is 1. The van der Waals surface area contributed by atoms with E-state index >= 15 is 0 Å². The zero-order valence-electron chi connectivity index (χ0n) is 15.5. The lowest BCUT2D eigenvalue weighted by Gasteiger charge is -2.41. The summed E-state index contributed by atoms with van der Waals surface area (Å²) < 4.78 is 0. The second-order valence-corrected chi connectivity index (χ2v) is 8.23. The molecule has 1 fully saturated rings. The molecule has 2 aliphatic heterocycles. The van der Waals surface area contributed by atoms with Crippen molar-refractivity contribution >= 4 is 29.2 Å². The van der Waals surface area contributed by atoms with E-state index in [1.165, 1.54) is 0 Å². The van der Waals surface area contributed by atoms with E-state index in [1.54, 1.807) is 18.0 Å². The zero-order valence-corrected chi connectivity index (χ0v) is 16.3. The number of nitrogens with zero attached hydrogens (tertiary/aromatic N) is 3. The molecule has 0 N–H and O–H groups in total. The van der Waals surface area contributed by atoms with Crippen molar-refractivity contribution in [1.29, 1.82) is 0 Å². The summed E-state index contributed by atoms with van der Waals surface area (Å²) in [6.45, 7) is 0.770. The Kier molecular flexibility index (Phi) is 4.53. The zero-order chi connectivity index (χ0) is 18.9. The number of amides is 2. The van der Waals surface area contributed by atoms with Crippen LogP contribution in [-0.2, 0) is 0 Å². The largest absolute Gasteiger partial charge is 0.329 e. The maximum absolute atomic E-state index is 13.9. The lowest BCUT2D eigenvalue weighted by Crippen LogP contribution is -2.46. The molecule has 2 aromatic carbocycles. The number of rotatable bonds is 1. The van der Waals surface area contributed by atoms with E-state index in [1.807, 2.05) is 58.5 Å². The number of anilines is 2. The predicted octanol–water partition coefficient (Wildman–Crippen LogP) is 6.03. The minimum Gasteiger partial charge on any atom is -0.317 e. The molecule has 1 atom stereocenters. The van der Waals surface area contributed by atoms with E-state index in [0.29, 0.717) is 0 Å². The number of fused-ring (bicyclic) bond motifs is 2. The highest BCUT2D eigenvalue weighted by Gasteiger charge is 2.35. The van der Waals surface area contributed by atoms with Gasteiger partial charge in [-0.1, -0.05) is 42.1 Å². The molecule has 4 nitrogen and oxygen atoms in total. The van der Waals surface area contributed by atoms with Crippen LogP contribution in [0.15, 0.2) is 82.8 Å². The molecular weight excluding hydrogens is 366 g/mol. The van der Waals surface area contributed by atoms with Crippen LogP contribution in [0.4, 0.5) is 16.2 Å². The van der Waals surface area contributed by atoms with Gasteiger partial charge >= 0.3 is 6.03 Å². The van der Waals surface area contributed by atoms with Gasteiger partial charge in [0.2, 0.25) is 0 Å². The number of benzene rings is 2. The summed E-state index contributed by atoms with van der Waals surface area (Å²) in [6, 6.07) is 20.5. The Morgan fingerprint density at radius 1 is 0.929 bits per heavy atom. The standard InChI is InChI=1S/C23H21N3OS/c27-23(25-15-6-5-9-18(25)17-8-7-14-24-16-17)26-19-10-1-3-12-21(19)28-22-13-4-2-11-20(22)26/h1-4,7-8,10-14,16,18H,5-6,9,15H2/t18-/m0/s1. The van der Waals surface area contributed by atoms with Crippen LogP contribution >= 0.6 is 11.8 Å². The van der Waals surface area contributed by atoms with Gasteiger partial charge in [-0.05, 0) is 55.2 Å². The van der Waals surface area contributed by atoms with E-state index in [0.717, 1.165) is 52.5 Å². The Labute approximate surface area is 169 Å². The molecule has 1 aromatic heterocycles. The highest BCUT2D eigenvalue weighted by Crippen LogP contribution is 2.49. The quantitative estimate of drug-likeness (QED) is 0.511. The summed E-state index contributed by atoms with van der Waals surface area (Å²) in [7, 11) is 0. The normalized spacial score (nSPS) is 18.4. The van der Waals surface area contributed by atoms with E-state index in [9.17, 15) is 4.79 Å². The molecule has 0 saturated carbocycles. The first-order chi connectivity index (χ1) is 13.8. The highest BCUT2D eigenvalue weighted by atomic mass is 32.2. The Morgan fingerprint density at radius 3 is 2.32 bits per heavy atom. The number of urea groups is 1. The van der Waals surface area contributed by atoms with Gasteiger partial charge in [0.1, 0.15) is 0 Å². The minimum atomic E-state index is 0.0498. The number of para-hydroxylation sites is 2. The Bertz CT molecular complexity index is 962. The van der Waals surface area contributed by atoms with Gasteiger partial charge in [0.05, 0.1) is 17.4 Å². The van der Waals surface area contributed by atoms with Crippen LogP contribution in [-0.4, -0.2) is 22.5 Å². The summed E-state index contributed by atoms with van der Waals surface area (Å²) in [4.78, 5) is 24.3. The molecule has 2 aliphatic rings. The molecule has 1 saturated heterocycles. The third-order valence-corrected chi connectivity index (χ3v) is 6.57. The summed E-state index contributed by atoms with van der Waals surface area (Å²) in [5.41, 5.74) is 3.04. The van der Waals surface area contributed by atoms with Crippen molar-refractivity contribution in [1.82, 2.24) is 9.88 Å². The fraction of sp³-hybridized carbons (Fsp3) is 0.217. The van der Waals surface area contributed by atoms with Crippen molar-refractivity contribution in [3.63, 3.8) is 0 Å². The topological polar surface area (TPSA) is 36.4 Å². The Hall–Kier alpha value is -2.79. The van der Waals surface area contributed by atoms with Gasteiger partial charge in [-0.25, -0.2) is 4.79 Å². The molecule has 5 heteroatoms. The van der Waals surface area contributed by atoms with Crippen molar-refractivity contribution in [2.45, 2.75) is 35.1 Å². The van der Waals surface area contributed by atoms with Gasteiger partial charge in [0, 0.05) is 28.7 Å².